The van der Waals surface area contributed by atoms with Crippen LogP contribution in [0.25, 0.3) is 0 Å². The van der Waals surface area contributed by atoms with E-state index in [1.807, 2.05) is 0 Å². The largest absolute Gasteiger partial charge is 0.507 e. The number of rotatable bonds is 20. The molecule has 1 aromatic rings. The minimum Gasteiger partial charge on any atom is -0.507 e. The molecule has 36 heavy (non-hydrogen) atoms. The number of phenols is 1. The molecule has 0 aliphatic heterocycles. The van der Waals surface area contributed by atoms with E-state index in [4.69, 9.17) is 0 Å². The summed E-state index contributed by atoms with van der Waals surface area (Å²) in [6.07, 6.45) is 28.2. The molecule has 0 unspecified atom stereocenters. The Kier molecular flexibility index (Phi) is 16.8. The SMILES string of the molecule is CCCCCCCCCCCCCCCCCCCCCc1cc(C(C)(C)C)c(O)c(C(C)(C)C)c1. The van der Waals surface area contributed by atoms with Gasteiger partial charge in [0.05, 0.1) is 0 Å². The summed E-state index contributed by atoms with van der Waals surface area (Å²) in [6, 6.07) is 4.53. The zero-order valence-corrected chi connectivity index (χ0v) is 25.7. The lowest BCUT2D eigenvalue weighted by Crippen LogP contribution is -2.18. The Morgan fingerprint density at radius 3 is 1.03 bits per heavy atom. The maximum atomic E-state index is 10.9. The van der Waals surface area contributed by atoms with Crippen molar-refractivity contribution in [1.82, 2.24) is 0 Å². The summed E-state index contributed by atoms with van der Waals surface area (Å²) in [5, 5.41) is 10.9. The van der Waals surface area contributed by atoms with Crippen LogP contribution in [0.3, 0.4) is 0 Å². The molecule has 0 fully saturated rings. The Balaban J connectivity index is 2.08. The molecule has 0 saturated heterocycles. The molecule has 0 heterocycles. The molecule has 0 atom stereocenters. The molecule has 1 aromatic carbocycles. The van der Waals surface area contributed by atoms with Crippen LogP contribution in [0.1, 0.15) is 187 Å². The number of hydrogen-bond acceptors (Lipinski definition) is 1. The predicted octanol–water partition coefficient (Wildman–Crippen LogP) is 12.0. The smallest absolute Gasteiger partial charge is 0.123 e. The molecule has 0 saturated carbocycles. The zero-order valence-electron chi connectivity index (χ0n) is 25.7. The van der Waals surface area contributed by atoms with Gasteiger partial charge in [0.1, 0.15) is 5.75 Å². The van der Waals surface area contributed by atoms with Gasteiger partial charge in [0.2, 0.25) is 0 Å². The van der Waals surface area contributed by atoms with E-state index in [0.717, 1.165) is 17.5 Å². The number of benzene rings is 1. The topological polar surface area (TPSA) is 20.2 Å². The second-order valence-electron chi connectivity index (χ2n) is 13.7. The van der Waals surface area contributed by atoms with E-state index in [0.29, 0.717) is 5.75 Å². The molecule has 1 nitrogen and oxygen atoms in total. The van der Waals surface area contributed by atoms with Crippen molar-refractivity contribution in [3.63, 3.8) is 0 Å². The Morgan fingerprint density at radius 1 is 0.472 bits per heavy atom. The van der Waals surface area contributed by atoms with Crippen molar-refractivity contribution in [3.05, 3.63) is 28.8 Å². The first-order valence-electron chi connectivity index (χ1n) is 15.9. The molecule has 1 N–H and O–H groups in total. The van der Waals surface area contributed by atoms with Crippen LogP contribution in [0.5, 0.6) is 5.75 Å². The Hall–Kier alpha value is -0.980. The molecule has 210 valence electrons. The first-order chi connectivity index (χ1) is 17.1. The molecule has 0 aliphatic rings. The first kappa shape index (κ1) is 33.0. The van der Waals surface area contributed by atoms with Gasteiger partial charge < -0.3 is 5.11 Å². The summed E-state index contributed by atoms with van der Waals surface area (Å²) in [7, 11) is 0. The van der Waals surface area contributed by atoms with Crippen molar-refractivity contribution in [3.8, 4) is 5.75 Å². The minimum absolute atomic E-state index is 0.0341. The molecule has 0 radical (unpaired) electrons. The molecule has 0 spiro atoms. The highest BCUT2D eigenvalue weighted by Gasteiger charge is 2.26. The molecule has 0 aromatic heterocycles. The first-order valence-corrected chi connectivity index (χ1v) is 15.9. The molecular formula is C35H64O. The van der Waals surface area contributed by atoms with E-state index >= 15 is 0 Å². The molecule has 0 aliphatic carbocycles. The monoisotopic (exact) mass is 500 g/mol. The van der Waals surface area contributed by atoms with Crippen LogP contribution in [0.2, 0.25) is 0 Å². The van der Waals surface area contributed by atoms with Gasteiger partial charge in [0.15, 0.2) is 0 Å². The number of aryl methyl sites for hydroxylation is 1. The summed E-state index contributed by atoms with van der Waals surface area (Å²) in [5.74, 6) is 0.506. The maximum Gasteiger partial charge on any atom is 0.123 e. The molecule has 1 heteroatoms. The molecular weight excluding hydrogens is 436 g/mol. The summed E-state index contributed by atoms with van der Waals surface area (Å²) in [4.78, 5) is 0. The summed E-state index contributed by atoms with van der Waals surface area (Å²) in [6.45, 7) is 15.5. The predicted molar refractivity (Wildman–Crippen MR) is 163 cm³/mol. The van der Waals surface area contributed by atoms with Crippen LogP contribution in [0.15, 0.2) is 12.1 Å². The van der Waals surface area contributed by atoms with Crippen molar-refractivity contribution in [2.45, 2.75) is 188 Å². The van der Waals surface area contributed by atoms with Gasteiger partial charge in [-0.3, -0.25) is 0 Å². The highest BCUT2D eigenvalue weighted by atomic mass is 16.3. The van der Waals surface area contributed by atoms with Crippen LogP contribution < -0.4 is 0 Å². The van der Waals surface area contributed by atoms with Gasteiger partial charge in [-0.1, -0.05) is 176 Å². The Bertz CT molecular complexity index is 638. The third kappa shape index (κ3) is 14.7. The third-order valence-corrected chi connectivity index (χ3v) is 7.85. The number of aromatic hydroxyl groups is 1. The fourth-order valence-corrected chi connectivity index (χ4v) is 5.39. The van der Waals surface area contributed by atoms with Gasteiger partial charge in [-0.25, -0.2) is 0 Å². The molecule has 1 rings (SSSR count). The number of hydrogen-bond donors (Lipinski definition) is 1. The van der Waals surface area contributed by atoms with Crippen LogP contribution in [-0.4, -0.2) is 5.11 Å². The highest BCUT2D eigenvalue weighted by molar-refractivity contribution is 5.49. The lowest BCUT2D eigenvalue weighted by molar-refractivity contribution is 0.422. The fraction of sp³-hybridized carbons (Fsp3) is 0.829. The van der Waals surface area contributed by atoms with Gasteiger partial charge in [-0.05, 0) is 40.4 Å². The van der Waals surface area contributed by atoms with Crippen molar-refractivity contribution in [1.29, 1.82) is 0 Å². The van der Waals surface area contributed by atoms with E-state index in [1.54, 1.807) is 0 Å². The van der Waals surface area contributed by atoms with Crippen LogP contribution in [0.4, 0.5) is 0 Å². The summed E-state index contributed by atoms with van der Waals surface area (Å²) >= 11 is 0. The van der Waals surface area contributed by atoms with Crippen molar-refractivity contribution in [2.24, 2.45) is 0 Å². The maximum absolute atomic E-state index is 10.9. The Labute approximate surface area is 227 Å². The normalized spacial score (nSPS) is 12.4. The Morgan fingerprint density at radius 2 is 0.750 bits per heavy atom. The lowest BCUT2D eigenvalue weighted by Gasteiger charge is -2.28. The average molecular weight is 501 g/mol. The van der Waals surface area contributed by atoms with E-state index in [2.05, 4.69) is 60.6 Å². The third-order valence-electron chi connectivity index (χ3n) is 7.85. The van der Waals surface area contributed by atoms with Crippen LogP contribution in [0, 0.1) is 0 Å². The van der Waals surface area contributed by atoms with Crippen molar-refractivity contribution < 1.29 is 5.11 Å². The standard InChI is InChI=1S/C35H64O/c1-8-9-10-11-12-13-14-15-16-17-18-19-20-21-22-23-24-25-26-27-30-28-31(34(2,3)4)33(36)32(29-30)35(5,6)7/h28-29,36H,8-27H2,1-7H3. The van der Waals surface area contributed by atoms with Crippen LogP contribution >= 0.6 is 0 Å². The van der Waals surface area contributed by atoms with Gasteiger partial charge in [-0.2, -0.15) is 0 Å². The van der Waals surface area contributed by atoms with Gasteiger partial charge in [-0.15, -0.1) is 0 Å². The number of unbranched alkanes of at least 4 members (excludes halogenated alkanes) is 18. The van der Waals surface area contributed by atoms with E-state index in [-0.39, 0.29) is 10.8 Å². The van der Waals surface area contributed by atoms with E-state index < -0.39 is 0 Å². The van der Waals surface area contributed by atoms with Gasteiger partial charge in [0.25, 0.3) is 0 Å². The minimum atomic E-state index is -0.0341. The molecule has 0 bridgehead atoms. The van der Waals surface area contributed by atoms with E-state index in [1.165, 1.54) is 128 Å². The summed E-state index contributed by atoms with van der Waals surface area (Å²) < 4.78 is 0. The van der Waals surface area contributed by atoms with Crippen molar-refractivity contribution >= 4 is 0 Å². The summed E-state index contributed by atoms with van der Waals surface area (Å²) in [5.41, 5.74) is 3.53. The van der Waals surface area contributed by atoms with Gasteiger partial charge >= 0.3 is 0 Å². The van der Waals surface area contributed by atoms with Crippen molar-refractivity contribution in [2.75, 3.05) is 0 Å². The number of phenolic OH excluding ortho intramolecular Hbond substituents is 1. The van der Waals surface area contributed by atoms with Gasteiger partial charge in [0, 0.05) is 0 Å². The lowest BCUT2D eigenvalue weighted by atomic mass is 9.78. The average Bonchev–Trinajstić information content (AvgIpc) is 2.80. The second-order valence-corrected chi connectivity index (χ2v) is 13.7. The fourth-order valence-electron chi connectivity index (χ4n) is 5.39. The molecule has 0 amide bonds. The highest BCUT2D eigenvalue weighted by Crippen LogP contribution is 2.40. The quantitative estimate of drug-likeness (QED) is 0.176. The zero-order chi connectivity index (χ0) is 26.9. The second kappa shape index (κ2) is 18.3. The van der Waals surface area contributed by atoms with Crippen LogP contribution in [-0.2, 0) is 17.3 Å². The van der Waals surface area contributed by atoms with E-state index in [9.17, 15) is 5.11 Å².